The highest BCUT2D eigenvalue weighted by molar-refractivity contribution is 6.00. The number of hydrogen-bond acceptors (Lipinski definition) is 2. The first kappa shape index (κ1) is 14.4. The predicted octanol–water partition coefficient (Wildman–Crippen LogP) is 2.22. The summed E-state index contributed by atoms with van der Waals surface area (Å²) in [5.41, 5.74) is -0.579. The highest BCUT2D eigenvalue weighted by atomic mass is 16.2. The van der Waals surface area contributed by atoms with E-state index in [1.165, 1.54) is 0 Å². The number of rotatable bonds is 4. The molecular weight excluding hydrogens is 240 g/mol. The molecule has 2 amide bonds. The average Bonchev–Trinajstić information content (AvgIpc) is 2.84. The highest BCUT2D eigenvalue weighted by Gasteiger charge is 2.51. The fourth-order valence-electron chi connectivity index (χ4n) is 3.48. The molecular formula is C15H26N2O2. The monoisotopic (exact) mass is 266 g/mol. The molecule has 0 bridgehead atoms. The van der Waals surface area contributed by atoms with Crippen LogP contribution in [0.15, 0.2) is 0 Å². The third kappa shape index (κ3) is 2.49. The number of piperazine rings is 1. The van der Waals surface area contributed by atoms with Crippen molar-refractivity contribution in [3.8, 4) is 0 Å². The number of hydrogen-bond donors (Lipinski definition) is 1. The Labute approximate surface area is 115 Å². The van der Waals surface area contributed by atoms with Gasteiger partial charge in [-0.2, -0.15) is 0 Å². The highest BCUT2D eigenvalue weighted by Crippen LogP contribution is 2.35. The van der Waals surface area contributed by atoms with Crippen molar-refractivity contribution in [1.82, 2.24) is 10.2 Å². The third-order valence-corrected chi connectivity index (χ3v) is 4.71. The molecule has 0 aromatic carbocycles. The molecule has 0 radical (unpaired) electrons. The smallest absolute Gasteiger partial charge is 0.249 e. The third-order valence-electron chi connectivity index (χ3n) is 4.71. The Morgan fingerprint density at radius 3 is 2.58 bits per heavy atom. The second kappa shape index (κ2) is 5.51. The van der Waals surface area contributed by atoms with Crippen LogP contribution in [0.1, 0.15) is 65.7 Å². The first-order valence-electron chi connectivity index (χ1n) is 7.66. The van der Waals surface area contributed by atoms with Gasteiger partial charge in [0.2, 0.25) is 11.8 Å². The molecule has 0 aromatic rings. The zero-order chi connectivity index (χ0) is 14.0. The van der Waals surface area contributed by atoms with Crippen LogP contribution in [-0.4, -0.2) is 34.3 Å². The molecule has 108 valence electrons. The largest absolute Gasteiger partial charge is 0.340 e. The lowest BCUT2D eigenvalue weighted by molar-refractivity contribution is -0.156. The summed E-state index contributed by atoms with van der Waals surface area (Å²) in [6, 6.07) is -0.170. The van der Waals surface area contributed by atoms with Crippen LogP contribution in [0.4, 0.5) is 0 Å². The molecule has 1 saturated carbocycles. The minimum Gasteiger partial charge on any atom is -0.340 e. The van der Waals surface area contributed by atoms with Crippen molar-refractivity contribution in [3.05, 3.63) is 0 Å². The Morgan fingerprint density at radius 1 is 1.37 bits per heavy atom. The van der Waals surface area contributed by atoms with Crippen LogP contribution in [0.5, 0.6) is 0 Å². The van der Waals surface area contributed by atoms with Crippen LogP contribution < -0.4 is 5.32 Å². The first-order chi connectivity index (χ1) is 9.02. The lowest BCUT2D eigenvalue weighted by atomic mass is 9.89. The molecule has 2 unspecified atom stereocenters. The summed E-state index contributed by atoms with van der Waals surface area (Å²) in [5.74, 6) is 0.172. The minimum absolute atomic E-state index is 0.0184. The Balaban J connectivity index is 2.19. The van der Waals surface area contributed by atoms with E-state index in [2.05, 4.69) is 19.2 Å². The summed E-state index contributed by atoms with van der Waals surface area (Å²) in [4.78, 5) is 26.9. The molecule has 1 spiro atoms. The molecule has 4 heteroatoms. The van der Waals surface area contributed by atoms with Gasteiger partial charge in [-0.25, -0.2) is 0 Å². The van der Waals surface area contributed by atoms with E-state index in [4.69, 9.17) is 0 Å². The van der Waals surface area contributed by atoms with Crippen molar-refractivity contribution < 1.29 is 9.59 Å². The summed E-state index contributed by atoms with van der Waals surface area (Å²) in [5, 5.41) is 3.00. The molecule has 1 N–H and O–H groups in total. The number of nitrogens with zero attached hydrogens (tertiary/aromatic N) is 1. The van der Waals surface area contributed by atoms with Gasteiger partial charge in [-0.05, 0) is 33.1 Å². The Hall–Kier alpha value is -1.06. The van der Waals surface area contributed by atoms with Gasteiger partial charge in [0.1, 0.15) is 11.6 Å². The molecule has 2 rings (SSSR count). The second-order valence-corrected chi connectivity index (χ2v) is 6.16. The van der Waals surface area contributed by atoms with E-state index in [1.807, 2.05) is 11.8 Å². The van der Waals surface area contributed by atoms with Crippen LogP contribution >= 0.6 is 0 Å². The van der Waals surface area contributed by atoms with Gasteiger partial charge in [0, 0.05) is 6.04 Å². The maximum atomic E-state index is 12.8. The molecule has 2 atom stereocenters. The standard InChI is InChI=1S/C15H26N2O2/c1-4-5-8-11(2)17-12(3)13(18)16-15(14(17)19)9-6-7-10-15/h11-12H,4-10H2,1-3H3,(H,16,18). The van der Waals surface area contributed by atoms with Crippen LogP contribution in [0, 0.1) is 0 Å². The number of nitrogens with one attached hydrogen (secondary N) is 1. The van der Waals surface area contributed by atoms with E-state index in [-0.39, 0.29) is 23.9 Å². The lowest BCUT2D eigenvalue weighted by Crippen LogP contribution is -2.70. The van der Waals surface area contributed by atoms with E-state index < -0.39 is 5.54 Å². The van der Waals surface area contributed by atoms with Gasteiger partial charge in [0.05, 0.1) is 0 Å². The second-order valence-electron chi connectivity index (χ2n) is 6.16. The van der Waals surface area contributed by atoms with Crippen LogP contribution in [0.25, 0.3) is 0 Å². The lowest BCUT2D eigenvalue weighted by Gasteiger charge is -2.46. The van der Waals surface area contributed by atoms with E-state index >= 15 is 0 Å². The molecule has 0 aromatic heterocycles. The normalized spacial score (nSPS) is 27.7. The minimum atomic E-state index is -0.579. The number of amides is 2. The van der Waals surface area contributed by atoms with Gasteiger partial charge in [-0.3, -0.25) is 9.59 Å². The molecule has 2 fully saturated rings. The van der Waals surface area contributed by atoms with Crippen molar-refractivity contribution >= 4 is 11.8 Å². The molecule has 1 aliphatic heterocycles. The number of carbonyl (C=O) groups is 2. The summed E-state index contributed by atoms with van der Waals surface area (Å²) in [6.07, 6.45) is 6.90. The summed E-state index contributed by atoms with van der Waals surface area (Å²) in [7, 11) is 0. The van der Waals surface area contributed by atoms with Crippen LogP contribution in [0.3, 0.4) is 0 Å². The Kier molecular flexibility index (Phi) is 4.16. The van der Waals surface area contributed by atoms with Gasteiger partial charge >= 0.3 is 0 Å². The van der Waals surface area contributed by atoms with E-state index in [0.29, 0.717) is 0 Å². The fraction of sp³-hybridized carbons (Fsp3) is 0.867. The zero-order valence-corrected chi connectivity index (χ0v) is 12.4. The Bertz CT molecular complexity index is 361. The molecule has 19 heavy (non-hydrogen) atoms. The van der Waals surface area contributed by atoms with Crippen molar-refractivity contribution in [2.75, 3.05) is 0 Å². The summed E-state index contributed by atoms with van der Waals surface area (Å²) in [6.45, 7) is 6.07. The zero-order valence-electron chi connectivity index (χ0n) is 12.4. The molecule has 4 nitrogen and oxygen atoms in total. The summed E-state index contributed by atoms with van der Waals surface area (Å²) < 4.78 is 0. The maximum Gasteiger partial charge on any atom is 0.249 e. The molecule has 1 heterocycles. The molecule has 1 aliphatic carbocycles. The van der Waals surface area contributed by atoms with Gasteiger partial charge < -0.3 is 10.2 Å². The first-order valence-corrected chi connectivity index (χ1v) is 7.66. The van der Waals surface area contributed by atoms with Crippen molar-refractivity contribution in [3.63, 3.8) is 0 Å². The van der Waals surface area contributed by atoms with Crippen molar-refractivity contribution in [1.29, 1.82) is 0 Å². The number of carbonyl (C=O) groups excluding carboxylic acids is 2. The van der Waals surface area contributed by atoms with Crippen molar-refractivity contribution in [2.24, 2.45) is 0 Å². The van der Waals surface area contributed by atoms with E-state index in [9.17, 15) is 9.59 Å². The summed E-state index contributed by atoms with van der Waals surface area (Å²) >= 11 is 0. The number of unbranched alkanes of at least 4 members (excludes halogenated alkanes) is 1. The van der Waals surface area contributed by atoms with Gasteiger partial charge in [0.25, 0.3) is 0 Å². The quantitative estimate of drug-likeness (QED) is 0.848. The fourth-order valence-corrected chi connectivity index (χ4v) is 3.48. The molecule has 2 aliphatic rings. The van der Waals surface area contributed by atoms with Gasteiger partial charge in [0.15, 0.2) is 0 Å². The van der Waals surface area contributed by atoms with E-state index in [1.54, 1.807) is 0 Å². The van der Waals surface area contributed by atoms with Gasteiger partial charge in [-0.15, -0.1) is 0 Å². The SMILES string of the molecule is CCCCC(C)N1C(=O)C2(CCCC2)NC(=O)C1C. The topological polar surface area (TPSA) is 49.4 Å². The molecule has 1 saturated heterocycles. The Morgan fingerprint density at radius 2 is 2.00 bits per heavy atom. The van der Waals surface area contributed by atoms with Crippen LogP contribution in [-0.2, 0) is 9.59 Å². The average molecular weight is 266 g/mol. The van der Waals surface area contributed by atoms with E-state index in [0.717, 1.165) is 44.9 Å². The van der Waals surface area contributed by atoms with Gasteiger partial charge in [-0.1, -0.05) is 32.6 Å². The van der Waals surface area contributed by atoms with Crippen molar-refractivity contribution in [2.45, 2.75) is 83.3 Å². The maximum absolute atomic E-state index is 12.8. The predicted molar refractivity (Wildman–Crippen MR) is 74.6 cm³/mol. The van der Waals surface area contributed by atoms with Crippen LogP contribution in [0.2, 0.25) is 0 Å².